The number of sulfonamides is 1. The van der Waals surface area contributed by atoms with Gasteiger partial charge in [0.05, 0.1) is 5.75 Å². The van der Waals surface area contributed by atoms with Crippen LogP contribution in [0.15, 0.2) is 52.9 Å². The monoisotopic (exact) mass is 371 g/mol. The molecular formula is C19H21N3O3S. The van der Waals surface area contributed by atoms with Gasteiger partial charge in [-0.25, -0.2) is 13.1 Å². The molecule has 0 spiro atoms. The molecule has 26 heavy (non-hydrogen) atoms. The van der Waals surface area contributed by atoms with Crippen molar-refractivity contribution in [3.63, 3.8) is 0 Å². The highest BCUT2D eigenvalue weighted by atomic mass is 32.2. The van der Waals surface area contributed by atoms with Crippen molar-refractivity contribution in [2.45, 2.75) is 26.0 Å². The molecule has 0 bridgehead atoms. The number of nitrogens with zero attached hydrogens (tertiary/aromatic N) is 2. The lowest BCUT2D eigenvalue weighted by atomic mass is 10.1. The maximum atomic E-state index is 12.2. The summed E-state index contributed by atoms with van der Waals surface area (Å²) in [7, 11) is -3.41. The second-order valence-electron chi connectivity index (χ2n) is 6.26. The van der Waals surface area contributed by atoms with Gasteiger partial charge in [0.1, 0.15) is 0 Å². The Labute approximate surface area is 153 Å². The Balaban J connectivity index is 1.54. The SMILES string of the molecule is Cc1ccc(CS(=O)(=O)NCCc2nnc(-c3ccc(C)cc3)o2)cc1. The van der Waals surface area contributed by atoms with Crippen molar-refractivity contribution in [3.05, 3.63) is 71.1 Å². The minimum atomic E-state index is -3.41. The molecule has 3 aromatic rings. The summed E-state index contributed by atoms with van der Waals surface area (Å²) >= 11 is 0. The van der Waals surface area contributed by atoms with E-state index in [1.807, 2.05) is 62.4 Å². The fraction of sp³-hybridized carbons (Fsp3) is 0.263. The van der Waals surface area contributed by atoms with Gasteiger partial charge in [0.15, 0.2) is 0 Å². The van der Waals surface area contributed by atoms with Crippen LogP contribution in [-0.4, -0.2) is 25.2 Å². The number of hydrogen-bond acceptors (Lipinski definition) is 5. The fourth-order valence-corrected chi connectivity index (χ4v) is 3.58. The van der Waals surface area contributed by atoms with E-state index < -0.39 is 10.0 Å². The molecular weight excluding hydrogens is 350 g/mol. The van der Waals surface area contributed by atoms with Crippen molar-refractivity contribution in [3.8, 4) is 11.5 Å². The van der Waals surface area contributed by atoms with Crippen molar-refractivity contribution in [2.24, 2.45) is 0 Å². The molecule has 6 nitrogen and oxygen atoms in total. The predicted molar refractivity (Wildman–Crippen MR) is 100.0 cm³/mol. The van der Waals surface area contributed by atoms with Gasteiger partial charge in [0, 0.05) is 18.5 Å². The van der Waals surface area contributed by atoms with E-state index in [9.17, 15) is 8.42 Å². The van der Waals surface area contributed by atoms with E-state index in [0.29, 0.717) is 18.2 Å². The second kappa shape index (κ2) is 7.80. The summed E-state index contributed by atoms with van der Waals surface area (Å²) in [6.45, 7) is 4.18. The first kappa shape index (κ1) is 18.3. The van der Waals surface area contributed by atoms with Crippen LogP contribution in [0, 0.1) is 13.8 Å². The van der Waals surface area contributed by atoms with E-state index >= 15 is 0 Å². The third-order valence-corrected chi connectivity index (χ3v) is 5.26. The van der Waals surface area contributed by atoms with Crippen molar-refractivity contribution in [1.29, 1.82) is 0 Å². The van der Waals surface area contributed by atoms with Crippen molar-refractivity contribution in [1.82, 2.24) is 14.9 Å². The summed E-state index contributed by atoms with van der Waals surface area (Å²) < 4.78 is 32.5. The number of nitrogens with one attached hydrogen (secondary N) is 1. The lowest BCUT2D eigenvalue weighted by Crippen LogP contribution is -2.27. The first-order chi connectivity index (χ1) is 12.4. The van der Waals surface area contributed by atoms with Gasteiger partial charge in [0.25, 0.3) is 0 Å². The molecule has 0 amide bonds. The van der Waals surface area contributed by atoms with Crippen molar-refractivity contribution in [2.75, 3.05) is 6.54 Å². The molecule has 1 heterocycles. The number of rotatable bonds is 7. The number of benzene rings is 2. The van der Waals surface area contributed by atoms with Gasteiger partial charge in [0.2, 0.25) is 21.8 Å². The number of aromatic nitrogens is 2. The first-order valence-electron chi connectivity index (χ1n) is 8.33. The van der Waals surface area contributed by atoms with Gasteiger partial charge >= 0.3 is 0 Å². The van der Waals surface area contributed by atoms with Crippen LogP contribution < -0.4 is 4.72 Å². The highest BCUT2D eigenvalue weighted by molar-refractivity contribution is 7.88. The molecule has 0 saturated heterocycles. The maximum Gasteiger partial charge on any atom is 0.247 e. The van der Waals surface area contributed by atoms with Crippen LogP contribution in [0.5, 0.6) is 0 Å². The van der Waals surface area contributed by atoms with E-state index in [1.165, 1.54) is 0 Å². The Morgan fingerprint density at radius 1 is 0.923 bits per heavy atom. The van der Waals surface area contributed by atoms with E-state index in [4.69, 9.17) is 4.42 Å². The molecule has 2 aromatic carbocycles. The van der Waals surface area contributed by atoms with Crippen LogP contribution in [-0.2, 0) is 22.2 Å². The maximum absolute atomic E-state index is 12.2. The molecule has 0 aliphatic heterocycles. The molecule has 0 saturated carbocycles. The molecule has 0 aliphatic carbocycles. The van der Waals surface area contributed by atoms with Gasteiger partial charge in [-0.15, -0.1) is 10.2 Å². The van der Waals surface area contributed by atoms with Gasteiger partial charge in [-0.05, 0) is 31.5 Å². The quantitative estimate of drug-likeness (QED) is 0.690. The van der Waals surface area contributed by atoms with Gasteiger partial charge < -0.3 is 4.42 Å². The van der Waals surface area contributed by atoms with Crippen LogP contribution in [0.1, 0.15) is 22.6 Å². The van der Waals surface area contributed by atoms with Crippen LogP contribution in [0.2, 0.25) is 0 Å². The summed E-state index contributed by atoms with van der Waals surface area (Å²) in [5.74, 6) is 0.785. The minimum absolute atomic E-state index is 0.0499. The second-order valence-corrected chi connectivity index (χ2v) is 8.06. The van der Waals surface area contributed by atoms with Crippen molar-refractivity contribution >= 4 is 10.0 Å². The summed E-state index contributed by atoms with van der Waals surface area (Å²) in [6, 6.07) is 15.2. The first-order valence-corrected chi connectivity index (χ1v) is 9.99. The molecule has 1 aromatic heterocycles. The van der Waals surface area contributed by atoms with E-state index in [2.05, 4.69) is 14.9 Å². The Morgan fingerprint density at radius 2 is 1.54 bits per heavy atom. The highest BCUT2D eigenvalue weighted by Gasteiger charge is 2.13. The average molecular weight is 371 g/mol. The smallest absolute Gasteiger partial charge is 0.247 e. The fourth-order valence-electron chi connectivity index (χ4n) is 2.44. The summed E-state index contributed by atoms with van der Waals surface area (Å²) in [5, 5.41) is 7.99. The highest BCUT2D eigenvalue weighted by Crippen LogP contribution is 2.18. The van der Waals surface area contributed by atoms with Crippen LogP contribution in [0.4, 0.5) is 0 Å². The normalized spacial score (nSPS) is 11.6. The zero-order chi connectivity index (χ0) is 18.6. The standard InChI is InChI=1S/C19H21N3O3S/c1-14-3-7-16(8-4-14)13-26(23,24)20-12-11-18-21-22-19(25-18)17-9-5-15(2)6-10-17/h3-10,20H,11-13H2,1-2H3. The Hall–Kier alpha value is -2.51. The summed E-state index contributed by atoms with van der Waals surface area (Å²) in [5.41, 5.74) is 3.84. The van der Waals surface area contributed by atoms with Gasteiger partial charge in [-0.2, -0.15) is 0 Å². The molecule has 136 valence electrons. The molecule has 0 atom stereocenters. The third-order valence-electron chi connectivity index (χ3n) is 3.90. The third kappa shape index (κ3) is 5.00. The lowest BCUT2D eigenvalue weighted by Gasteiger charge is -2.06. The van der Waals surface area contributed by atoms with Gasteiger partial charge in [-0.1, -0.05) is 47.5 Å². The van der Waals surface area contributed by atoms with Gasteiger partial charge in [-0.3, -0.25) is 0 Å². The van der Waals surface area contributed by atoms with E-state index in [-0.39, 0.29) is 12.3 Å². The number of hydrogen-bond donors (Lipinski definition) is 1. The lowest BCUT2D eigenvalue weighted by molar-refractivity contribution is 0.502. The molecule has 1 N–H and O–H groups in total. The zero-order valence-electron chi connectivity index (χ0n) is 14.8. The molecule has 0 radical (unpaired) electrons. The molecule has 7 heteroatoms. The summed E-state index contributed by atoms with van der Waals surface area (Å²) in [6.07, 6.45) is 0.339. The molecule has 0 fully saturated rings. The van der Waals surface area contributed by atoms with Crippen LogP contribution in [0.3, 0.4) is 0 Å². The molecule has 3 rings (SSSR count). The Kier molecular flexibility index (Phi) is 5.49. The van der Waals surface area contributed by atoms with Crippen LogP contribution >= 0.6 is 0 Å². The Bertz CT molecular complexity index is 962. The molecule has 0 aliphatic rings. The van der Waals surface area contributed by atoms with E-state index in [1.54, 1.807) is 0 Å². The topological polar surface area (TPSA) is 85.1 Å². The zero-order valence-corrected chi connectivity index (χ0v) is 15.6. The molecule has 0 unspecified atom stereocenters. The van der Waals surface area contributed by atoms with E-state index in [0.717, 1.165) is 22.3 Å². The Morgan fingerprint density at radius 3 is 2.19 bits per heavy atom. The predicted octanol–water partition coefficient (Wildman–Crippen LogP) is 3.02. The summed E-state index contributed by atoms with van der Waals surface area (Å²) in [4.78, 5) is 0. The largest absolute Gasteiger partial charge is 0.421 e. The average Bonchev–Trinajstić information content (AvgIpc) is 3.06. The van der Waals surface area contributed by atoms with Crippen molar-refractivity contribution < 1.29 is 12.8 Å². The van der Waals surface area contributed by atoms with Crippen LogP contribution in [0.25, 0.3) is 11.5 Å². The minimum Gasteiger partial charge on any atom is -0.421 e. The number of aryl methyl sites for hydroxylation is 2.